The zero-order valence-electron chi connectivity index (χ0n) is 10.8. The number of aromatic nitrogens is 1. The van der Waals surface area contributed by atoms with E-state index in [0.29, 0.717) is 0 Å². The summed E-state index contributed by atoms with van der Waals surface area (Å²) in [5.74, 6) is 0.717. The van der Waals surface area contributed by atoms with Gasteiger partial charge < -0.3 is 5.11 Å². The Morgan fingerprint density at radius 1 is 1.26 bits per heavy atom. The van der Waals surface area contributed by atoms with Gasteiger partial charge in [0.15, 0.2) is 0 Å². The number of carboxylic acid groups (broad SMARTS) is 1. The maximum absolute atomic E-state index is 10.7. The molecule has 5 heteroatoms. The fourth-order valence-electron chi connectivity index (χ4n) is 1.90. The zero-order chi connectivity index (χ0) is 13.8. The fraction of sp³-hybridized carbons (Fsp3) is 0.286. The molecule has 100 valence electrons. The first-order chi connectivity index (χ1) is 9.04. The van der Waals surface area contributed by atoms with E-state index in [2.05, 4.69) is 37.0 Å². The number of rotatable bonds is 5. The predicted molar refractivity (Wildman–Crippen MR) is 80.0 cm³/mol. The molecule has 1 heterocycles. The largest absolute Gasteiger partial charge is 0.476 e. The van der Waals surface area contributed by atoms with Gasteiger partial charge in [-0.2, -0.15) is 11.8 Å². The molecule has 0 aliphatic heterocycles. The van der Waals surface area contributed by atoms with Crippen molar-refractivity contribution in [3.63, 3.8) is 0 Å². The highest BCUT2D eigenvalue weighted by Crippen LogP contribution is 2.21. The number of thioether (sulfide) groups is 1. The molecule has 1 N–H and O–H groups in total. The summed E-state index contributed by atoms with van der Waals surface area (Å²) in [6.45, 7) is 4.20. The van der Waals surface area contributed by atoms with Crippen molar-refractivity contribution < 1.29 is 9.90 Å². The average Bonchev–Trinajstić information content (AvgIpc) is 2.76. The number of aryl methyl sites for hydroxylation is 2. The second-order valence-electron chi connectivity index (χ2n) is 4.44. The van der Waals surface area contributed by atoms with Gasteiger partial charge in [0.25, 0.3) is 0 Å². The second-order valence-corrected chi connectivity index (χ2v) is 6.28. The van der Waals surface area contributed by atoms with Gasteiger partial charge in [-0.25, -0.2) is 9.78 Å². The fourth-order valence-corrected chi connectivity index (χ4v) is 3.52. The molecule has 0 saturated heterocycles. The Morgan fingerprint density at radius 3 is 2.53 bits per heavy atom. The molecule has 2 aromatic rings. The third-order valence-electron chi connectivity index (χ3n) is 2.53. The number of hydrogen-bond donors (Lipinski definition) is 1. The first kappa shape index (κ1) is 14.1. The molecule has 3 nitrogen and oxygen atoms in total. The monoisotopic (exact) mass is 293 g/mol. The molecule has 1 aromatic heterocycles. The van der Waals surface area contributed by atoms with Crippen LogP contribution in [-0.2, 0) is 11.5 Å². The van der Waals surface area contributed by atoms with Crippen LogP contribution in [0.3, 0.4) is 0 Å². The number of carboxylic acids is 1. The minimum Gasteiger partial charge on any atom is -0.476 e. The SMILES string of the molecule is Cc1cc(C)cc(CSCc2csc(C(=O)O)n2)c1. The van der Waals surface area contributed by atoms with Crippen LogP contribution >= 0.6 is 23.1 Å². The van der Waals surface area contributed by atoms with E-state index in [1.165, 1.54) is 28.0 Å². The highest BCUT2D eigenvalue weighted by molar-refractivity contribution is 7.97. The highest BCUT2D eigenvalue weighted by Gasteiger charge is 2.08. The van der Waals surface area contributed by atoms with Gasteiger partial charge in [0.05, 0.1) is 5.69 Å². The van der Waals surface area contributed by atoms with Crippen LogP contribution in [0, 0.1) is 13.8 Å². The van der Waals surface area contributed by atoms with Gasteiger partial charge in [0, 0.05) is 16.9 Å². The molecule has 0 fully saturated rings. The third kappa shape index (κ3) is 4.08. The standard InChI is InChI=1S/C14H15NO2S2/c1-9-3-10(2)5-11(4-9)6-18-7-12-8-19-13(15-12)14(16)17/h3-5,8H,6-7H2,1-2H3,(H,16,17). The molecule has 0 bridgehead atoms. The minimum atomic E-state index is -0.949. The zero-order valence-corrected chi connectivity index (χ0v) is 12.5. The van der Waals surface area contributed by atoms with Crippen molar-refractivity contribution in [2.24, 2.45) is 0 Å². The first-order valence-corrected chi connectivity index (χ1v) is 7.90. The van der Waals surface area contributed by atoms with E-state index < -0.39 is 5.97 Å². The van der Waals surface area contributed by atoms with E-state index in [0.717, 1.165) is 17.2 Å². The summed E-state index contributed by atoms with van der Waals surface area (Å²) in [5, 5.41) is 10.8. The van der Waals surface area contributed by atoms with Crippen LogP contribution in [0.25, 0.3) is 0 Å². The first-order valence-electron chi connectivity index (χ1n) is 5.87. The van der Waals surface area contributed by atoms with Crippen LogP contribution in [0.5, 0.6) is 0 Å². The Bertz CT molecular complexity index is 573. The normalized spacial score (nSPS) is 10.6. The van der Waals surface area contributed by atoms with E-state index in [4.69, 9.17) is 5.11 Å². The van der Waals surface area contributed by atoms with Crippen molar-refractivity contribution in [1.82, 2.24) is 4.98 Å². The predicted octanol–water partition coefficient (Wildman–Crippen LogP) is 3.89. The maximum atomic E-state index is 10.7. The van der Waals surface area contributed by atoms with Crippen LogP contribution < -0.4 is 0 Å². The van der Waals surface area contributed by atoms with Crippen LogP contribution in [0.2, 0.25) is 0 Å². The average molecular weight is 293 g/mol. The van der Waals surface area contributed by atoms with Gasteiger partial charge in [-0.1, -0.05) is 29.3 Å². The van der Waals surface area contributed by atoms with Crippen molar-refractivity contribution in [2.45, 2.75) is 25.4 Å². The van der Waals surface area contributed by atoms with Gasteiger partial charge in [-0.05, 0) is 19.4 Å². The molecule has 0 unspecified atom stereocenters. The molecule has 1 aromatic carbocycles. The number of thiazole rings is 1. The van der Waals surface area contributed by atoms with Crippen molar-refractivity contribution in [3.05, 3.63) is 51.0 Å². The van der Waals surface area contributed by atoms with E-state index in [-0.39, 0.29) is 5.01 Å². The van der Waals surface area contributed by atoms with Crippen LogP contribution in [-0.4, -0.2) is 16.1 Å². The number of hydrogen-bond acceptors (Lipinski definition) is 4. The molecule has 0 saturated carbocycles. The Balaban J connectivity index is 1.90. The number of carbonyl (C=O) groups is 1. The summed E-state index contributed by atoms with van der Waals surface area (Å²) in [7, 11) is 0. The molecule has 0 spiro atoms. The lowest BCUT2D eigenvalue weighted by atomic mass is 10.1. The summed E-state index contributed by atoms with van der Waals surface area (Å²) < 4.78 is 0. The van der Waals surface area contributed by atoms with Crippen molar-refractivity contribution in [3.8, 4) is 0 Å². The Labute approximate surface area is 120 Å². The van der Waals surface area contributed by atoms with Crippen molar-refractivity contribution >= 4 is 29.1 Å². The Kier molecular flexibility index (Phi) is 4.61. The molecule has 19 heavy (non-hydrogen) atoms. The van der Waals surface area contributed by atoms with E-state index in [9.17, 15) is 4.79 Å². The molecule has 0 atom stereocenters. The molecule has 0 aliphatic carbocycles. The summed E-state index contributed by atoms with van der Waals surface area (Å²) >= 11 is 2.94. The Morgan fingerprint density at radius 2 is 1.95 bits per heavy atom. The van der Waals surface area contributed by atoms with E-state index in [1.54, 1.807) is 11.8 Å². The summed E-state index contributed by atoms with van der Waals surface area (Å²) in [6, 6.07) is 6.53. The lowest BCUT2D eigenvalue weighted by molar-refractivity contribution is 0.0696. The minimum absolute atomic E-state index is 0.169. The van der Waals surface area contributed by atoms with Gasteiger partial charge in [-0.15, -0.1) is 11.3 Å². The lowest BCUT2D eigenvalue weighted by Crippen LogP contribution is -1.95. The smallest absolute Gasteiger partial charge is 0.365 e. The van der Waals surface area contributed by atoms with Gasteiger partial charge in [0.2, 0.25) is 5.01 Å². The number of aromatic carboxylic acids is 1. The molecule has 0 amide bonds. The molecular formula is C14H15NO2S2. The maximum Gasteiger partial charge on any atom is 0.365 e. The van der Waals surface area contributed by atoms with Crippen molar-refractivity contribution in [2.75, 3.05) is 0 Å². The quantitative estimate of drug-likeness (QED) is 0.908. The topological polar surface area (TPSA) is 50.2 Å². The van der Waals surface area contributed by atoms with E-state index in [1.807, 2.05) is 5.38 Å². The molecule has 2 rings (SSSR count). The van der Waals surface area contributed by atoms with Crippen LogP contribution in [0.15, 0.2) is 23.6 Å². The molecule has 0 aliphatic rings. The molecule has 0 radical (unpaired) electrons. The summed E-state index contributed by atoms with van der Waals surface area (Å²) in [4.78, 5) is 14.8. The van der Waals surface area contributed by atoms with Gasteiger partial charge in [0.1, 0.15) is 0 Å². The second kappa shape index (κ2) is 6.21. The third-order valence-corrected chi connectivity index (χ3v) is 4.45. The van der Waals surface area contributed by atoms with Gasteiger partial charge in [-0.3, -0.25) is 0 Å². The summed E-state index contributed by atoms with van der Waals surface area (Å²) in [6.07, 6.45) is 0. The van der Waals surface area contributed by atoms with Crippen LogP contribution in [0.4, 0.5) is 0 Å². The summed E-state index contributed by atoms with van der Waals surface area (Å²) in [5.41, 5.74) is 4.70. The number of nitrogens with zero attached hydrogens (tertiary/aromatic N) is 1. The van der Waals surface area contributed by atoms with Gasteiger partial charge >= 0.3 is 5.97 Å². The molecular weight excluding hydrogens is 278 g/mol. The highest BCUT2D eigenvalue weighted by atomic mass is 32.2. The number of benzene rings is 1. The lowest BCUT2D eigenvalue weighted by Gasteiger charge is -2.04. The Hall–Kier alpha value is -1.33. The van der Waals surface area contributed by atoms with E-state index >= 15 is 0 Å². The van der Waals surface area contributed by atoms with Crippen molar-refractivity contribution in [1.29, 1.82) is 0 Å². The van der Waals surface area contributed by atoms with Crippen LogP contribution in [0.1, 0.15) is 32.2 Å².